The molecule has 0 radical (unpaired) electrons. The highest BCUT2D eigenvalue weighted by Gasteiger charge is 2.26. The lowest BCUT2D eigenvalue weighted by Crippen LogP contribution is -2.39. The van der Waals surface area contributed by atoms with E-state index < -0.39 is 0 Å². The van der Waals surface area contributed by atoms with Crippen molar-refractivity contribution in [2.24, 2.45) is 0 Å². The van der Waals surface area contributed by atoms with Crippen LogP contribution in [0.15, 0.2) is 48.5 Å². The second kappa shape index (κ2) is 12.8. The first-order valence-electron chi connectivity index (χ1n) is 13.1. The van der Waals surface area contributed by atoms with E-state index in [1.807, 2.05) is 30.3 Å². The molecule has 0 saturated heterocycles. The van der Waals surface area contributed by atoms with Crippen LogP contribution in [0.4, 0.5) is 14.9 Å². The number of anilines is 1. The van der Waals surface area contributed by atoms with Crippen molar-refractivity contribution in [1.29, 1.82) is 0 Å². The van der Waals surface area contributed by atoms with Crippen LogP contribution in [0, 0.1) is 6.57 Å². The van der Waals surface area contributed by atoms with Crippen LogP contribution < -0.4 is 20.9 Å². The van der Waals surface area contributed by atoms with Crippen molar-refractivity contribution in [1.82, 2.24) is 15.7 Å². The van der Waals surface area contributed by atoms with Gasteiger partial charge in [0, 0.05) is 12.1 Å². The van der Waals surface area contributed by atoms with Crippen molar-refractivity contribution in [2.75, 3.05) is 18.6 Å². The maximum Gasteiger partial charge on any atom is 0.333 e. The highest BCUT2D eigenvalue weighted by atomic mass is 32.1. The molecule has 3 rings (SSSR count). The number of carbonyl (C=O) groups is 1. The quantitative estimate of drug-likeness (QED) is 0.126. The molecule has 1 heterocycles. The topological polar surface area (TPSA) is 79.6 Å². The van der Waals surface area contributed by atoms with Gasteiger partial charge in [0.2, 0.25) is 0 Å². The molecule has 3 aromatic rings. The SMILES string of the molecule is [C-]#[N+]c1sc(NNC(=O)NCCCOc2ccc(C(C)(C)CC)cc2C(C)(C)CC)nc1-c1ccccc1. The summed E-state index contributed by atoms with van der Waals surface area (Å²) in [5, 5.41) is 3.74. The van der Waals surface area contributed by atoms with Gasteiger partial charge in [-0.1, -0.05) is 84.0 Å². The number of urea groups is 1. The molecule has 0 aliphatic heterocycles. The van der Waals surface area contributed by atoms with Crippen LogP contribution in [0.25, 0.3) is 16.1 Å². The molecule has 0 bridgehead atoms. The zero-order valence-electron chi connectivity index (χ0n) is 23.3. The van der Waals surface area contributed by atoms with Crippen LogP contribution in [-0.2, 0) is 10.8 Å². The van der Waals surface area contributed by atoms with Crippen LogP contribution in [0.1, 0.15) is 71.9 Å². The molecule has 2 amide bonds. The summed E-state index contributed by atoms with van der Waals surface area (Å²) in [5.74, 6) is 0.909. The Labute approximate surface area is 230 Å². The number of thiazole rings is 1. The third-order valence-corrected chi connectivity index (χ3v) is 8.03. The van der Waals surface area contributed by atoms with Gasteiger partial charge < -0.3 is 10.1 Å². The molecule has 3 N–H and O–H groups in total. The molecule has 202 valence electrons. The molecule has 38 heavy (non-hydrogen) atoms. The predicted molar refractivity (Wildman–Crippen MR) is 157 cm³/mol. The Morgan fingerprint density at radius 2 is 1.76 bits per heavy atom. The van der Waals surface area contributed by atoms with Gasteiger partial charge in [-0.15, -0.1) is 11.3 Å². The molecule has 1 aromatic heterocycles. The van der Waals surface area contributed by atoms with Gasteiger partial charge in [0.1, 0.15) is 5.75 Å². The maximum atomic E-state index is 12.3. The third kappa shape index (κ3) is 7.26. The monoisotopic (exact) mass is 533 g/mol. The minimum absolute atomic E-state index is 0.00226. The van der Waals surface area contributed by atoms with Crippen molar-refractivity contribution < 1.29 is 9.53 Å². The first-order chi connectivity index (χ1) is 18.1. The van der Waals surface area contributed by atoms with Crippen molar-refractivity contribution in [3.05, 3.63) is 71.1 Å². The summed E-state index contributed by atoms with van der Waals surface area (Å²) < 4.78 is 6.18. The smallest absolute Gasteiger partial charge is 0.333 e. The van der Waals surface area contributed by atoms with E-state index in [1.165, 1.54) is 22.5 Å². The van der Waals surface area contributed by atoms with E-state index in [2.05, 4.69) is 85.7 Å². The Kier molecular flexibility index (Phi) is 9.76. The number of nitrogens with one attached hydrogen (secondary N) is 3. The minimum atomic E-state index is -0.371. The standard InChI is InChI=1S/C30H39N5O2S/c1-8-29(3,4)22-16-17-24(23(20-22)30(5,6)9-2)37-19-13-18-32-27(36)34-35-28-33-25(26(31-7)38-28)21-14-11-10-12-15-21/h10-12,14-17,20H,8-9,13,18-19H2,1-6H3,(H,33,35)(H2,32,34,36). The summed E-state index contributed by atoms with van der Waals surface area (Å²) in [4.78, 5) is 20.3. The average Bonchev–Trinajstić information content (AvgIpc) is 3.35. The summed E-state index contributed by atoms with van der Waals surface area (Å²) in [7, 11) is 0. The number of rotatable bonds is 12. The highest BCUT2D eigenvalue weighted by Crippen LogP contribution is 2.39. The van der Waals surface area contributed by atoms with Crippen LogP contribution in [-0.4, -0.2) is 24.2 Å². The predicted octanol–water partition coefficient (Wildman–Crippen LogP) is 7.83. The van der Waals surface area contributed by atoms with Gasteiger partial charge in [-0.05, 0) is 47.3 Å². The normalized spacial score (nSPS) is 11.5. The number of hydrogen-bond donors (Lipinski definition) is 3. The number of aromatic nitrogens is 1. The number of amides is 2. The number of hydrazine groups is 1. The molecular formula is C30H39N5O2S. The van der Waals surface area contributed by atoms with E-state index in [0.717, 1.165) is 24.2 Å². The fraction of sp³-hybridized carbons (Fsp3) is 0.433. The van der Waals surface area contributed by atoms with E-state index in [0.29, 0.717) is 35.4 Å². The number of ether oxygens (including phenoxy) is 1. The van der Waals surface area contributed by atoms with E-state index in [1.54, 1.807) is 0 Å². The van der Waals surface area contributed by atoms with Crippen LogP contribution >= 0.6 is 11.3 Å². The fourth-order valence-electron chi connectivity index (χ4n) is 3.84. The van der Waals surface area contributed by atoms with E-state index in [9.17, 15) is 4.79 Å². The Bertz CT molecular complexity index is 1260. The molecule has 0 spiro atoms. The van der Waals surface area contributed by atoms with E-state index in [-0.39, 0.29) is 16.9 Å². The van der Waals surface area contributed by atoms with Gasteiger partial charge in [0.25, 0.3) is 5.00 Å². The lowest BCUT2D eigenvalue weighted by Gasteiger charge is -2.30. The van der Waals surface area contributed by atoms with Crippen LogP contribution in [0.5, 0.6) is 5.75 Å². The molecule has 0 unspecified atom stereocenters. The maximum absolute atomic E-state index is 12.3. The lowest BCUT2D eigenvalue weighted by atomic mass is 9.76. The Balaban J connectivity index is 1.50. The van der Waals surface area contributed by atoms with E-state index >= 15 is 0 Å². The molecule has 0 aliphatic carbocycles. The summed E-state index contributed by atoms with van der Waals surface area (Å²) >= 11 is 1.20. The van der Waals surface area contributed by atoms with Gasteiger partial charge in [0.05, 0.1) is 18.9 Å². The largest absolute Gasteiger partial charge is 0.493 e. The summed E-state index contributed by atoms with van der Waals surface area (Å²) in [6, 6.07) is 15.7. The molecule has 0 fully saturated rings. The Morgan fingerprint density at radius 3 is 2.42 bits per heavy atom. The van der Waals surface area contributed by atoms with Crippen molar-refractivity contribution in [3.8, 4) is 17.0 Å². The fourth-order valence-corrected chi connectivity index (χ4v) is 4.56. The second-order valence-electron chi connectivity index (χ2n) is 10.5. The first kappa shape index (κ1) is 29.0. The van der Waals surface area contributed by atoms with Crippen molar-refractivity contribution in [2.45, 2.75) is 71.6 Å². The number of nitrogens with zero attached hydrogens (tertiary/aromatic N) is 2. The Morgan fingerprint density at radius 1 is 1.05 bits per heavy atom. The van der Waals surface area contributed by atoms with Crippen LogP contribution in [0.3, 0.4) is 0 Å². The summed E-state index contributed by atoms with van der Waals surface area (Å²) in [6.45, 7) is 21.9. The molecular weight excluding hydrogens is 494 g/mol. The number of carbonyl (C=O) groups excluding carboxylic acids is 1. The third-order valence-electron chi connectivity index (χ3n) is 7.16. The number of benzene rings is 2. The zero-order valence-corrected chi connectivity index (χ0v) is 24.1. The summed E-state index contributed by atoms with van der Waals surface area (Å²) in [5.41, 5.74) is 9.52. The number of hydrogen-bond acceptors (Lipinski definition) is 5. The molecule has 0 saturated carbocycles. The van der Waals surface area contributed by atoms with Crippen molar-refractivity contribution in [3.63, 3.8) is 0 Å². The van der Waals surface area contributed by atoms with Gasteiger partial charge in [-0.2, -0.15) is 0 Å². The second-order valence-corrected chi connectivity index (χ2v) is 11.5. The first-order valence-corrected chi connectivity index (χ1v) is 13.9. The lowest BCUT2D eigenvalue weighted by molar-refractivity contribution is 0.240. The molecule has 0 atom stereocenters. The van der Waals surface area contributed by atoms with Crippen LogP contribution in [0.2, 0.25) is 0 Å². The molecule has 8 heteroatoms. The van der Waals surface area contributed by atoms with E-state index in [4.69, 9.17) is 11.3 Å². The minimum Gasteiger partial charge on any atom is -0.493 e. The van der Waals surface area contributed by atoms with Gasteiger partial charge >= 0.3 is 6.03 Å². The molecule has 0 aliphatic rings. The van der Waals surface area contributed by atoms with Gasteiger partial charge in [-0.25, -0.2) is 20.0 Å². The van der Waals surface area contributed by atoms with Crippen molar-refractivity contribution >= 4 is 27.5 Å². The van der Waals surface area contributed by atoms with Gasteiger partial charge in [0.15, 0.2) is 5.13 Å². The molecule has 2 aromatic carbocycles. The Hall–Kier alpha value is -3.57. The highest BCUT2D eigenvalue weighted by molar-refractivity contribution is 7.20. The zero-order chi connectivity index (χ0) is 27.8. The average molecular weight is 534 g/mol. The van der Waals surface area contributed by atoms with Gasteiger partial charge in [-0.3, -0.25) is 5.43 Å². The molecule has 7 nitrogen and oxygen atoms in total. The summed E-state index contributed by atoms with van der Waals surface area (Å²) in [6.07, 6.45) is 2.75.